The predicted molar refractivity (Wildman–Crippen MR) is 134 cm³/mol. The van der Waals surface area contributed by atoms with Crippen molar-refractivity contribution in [1.82, 2.24) is 5.32 Å². The molecule has 3 rings (SSSR count). The monoisotopic (exact) mass is 459 g/mol. The third-order valence-corrected chi connectivity index (χ3v) is 5.73. The van der Waals surface area contributed by atoms with Crippen LogP contribution >= 0.6 is 0 Å². The van der Waals surface area contributed by atoms with E-state index in [9.17, 15) is 19.8 Å². The molecule has 0 atom stereocenters. The van der Waals surface area contributed by atoms with Crippen molar-refractivity contribution in [2.75, 3.05) is 6.54 Å². The molecule has 178 valence electrons. The van der Waals surface area contributed by atoms with Crippen LogP contribution in [0.5, 0.6) is 0 Å². The van der Waals surface area contributed by atoms with E-state index >= 15 is 0 Å². The summed E-state index contributed by atoms with van der Waals surface area (Å²) in [5.74, 6) is -0.663. The molecule has 0 spiro atoms. The summed E-state index contributed by atoms with van der Waals surface area (Å²) in [6.07, 6.45) is 0.849. The Bertz CT molecular complexity index is 1040. The van der Waals surface area contributed by atoms with Gasteiger partial charge < -0.3 is 15.5 Å². The van der Waals surface area contributed by atoms with Crippen LogP contribution in [-0.4, -0.2) is 39.5 Å². The van der Waals surface area contributed by atoms with Crippen LogP contribution in [0.15, 0.2) is 78.9 Å². The van der Waals surface area contributed by atoms with E-state index in [-0.39, 0.29) is 17.6 Å². The van der Waals surface area contributed by atoms with Crippen LogP contribution in [-0.2, 0) is 6.42 Å². The largest absolute Gasteiger partial charge is 0.382 e. The number of hydrogen-bond acceptors (Lipinski definition) is 5. The molecule has 3 N–H and O–H groups in total. The fraction of sp³-hybridized carbons (Fsp3) is 0.310. The molecule has 34 heavy (non-hydrogen) atoms. The summed E-state index contributed by atoms with van der Waals surface area (Å²) >= 11 is 0. The van der Waals surface area contributed by atoms with Gasteiger partial charge in [-0.3, -0.25) is 9.59 Å². The van der Waals surface area contributed by atoms with Gasteiger partial charge in [0.05, 0.1) is 6.04 Å². The number of benzene rings is 3. The number of Topliss-reactive ketones (excluding diaryl/α,β-unsaturated/α-hetero) is 2. The molecule has 0 bridgehead atoms. The Morgan fingerprint density at radius 3 is 1.50 bits per heavy atom. The van der Waals surface area contributed by atoms with Gasteiger partial charge in [-0.1, -0.05) is 78.9 Å². The average Bonchev–Trinajstić information content (AvgIpc) is 2.81. The van der Waals surface area contributed by atoms with E-state index in [2.05, 4.69) is 17.4 Å². The Morgan fingerprint density at radius 1 is 0.706 bits per heavy atom. The fourth-order valence-corrected chi connectivity index (χ4v) is 3.79. The second-order valence-electron chi connectivity index (χ2n) is 9.64. The van der Waals surface area contributed by atoms with Gasteiger partial charge in [-0.25, -0.2) is 0 Å². The van der Waals surface area contributed by atoms with Gasteiger partial charge in [-0.15, -0.1) is 0 Å². The third-order valence-electron chi connectivity index (χ3n) is 5.73. The maximum atomic E-state index is 12.4. The van der Waals surface area contributed by atoms with Crippen LogP contribution in [0.3, 0.4) is 0 Å². The lowest BCUT2D eigenvalue weighted by Crippen LogP contribution is -2.31. The zero-order chi connectivity index (χ0) is 24.9. The first-order valence-corrected chi connectivity index (χ1v) is 11.5. The summed E-state index contributed by atoms with van der Waals surface area (Å²) in [5.41, 5.74) is 1.18. The van der Waals surface area contributed by atoms with E-state index in [1.54, 1.807) is 24.3 Å². The van der Waals surface area contributed by atoms with Crippen molar-refractivity contribution in [3.63, 3.8) is 0 Å². The van der Waals surface area contributed by atoms with Gasteiger partial charge in [0.2, 0.25) is 0 Å². The number of carbonyl (C=O) groups is 2. The summed E-state index contributed by atoms with van der Waals surface area (Å²) in [6.45, 7) is 6.65. The lowest BCUT2D eigenvalue weighted by atomic mass is 9.91. The molecule has 0 unspecified atom stereocenters. The summed E-state index contributed by atoms with van der Waals surface area (Å²) in [4.78, 5) is 24.8. The first kappa shape index (κ1) is 25.5. The summed E-state index contributed by atoms with van der Waals surface area (Å²) < 4.78 is 0. The number of hydrogen-bond donors (Lipinski definition) is 3. The summed E-state index contributed by atoms with van der Waals surface area (Å²) in [7, 11) is 0. The zero-order valence-electron chi connectivity index (χ0n) is 20.2. The first-order chi connectivity index (χ1) is 16.0. The van der Waals surface area contributed by atoms with Crippen molar-refractivity contribution in [3.05, 3.63) is 107 Å². The van der Waals surface area contributed by atoms with E-state index < -0.39 is 11.2 Å². The first-order valence-electron chi connectivity index (χ1n) is 11.5. The SMILES string of the molecule is CC(C)(O)C(=O)c1ccc(C(NCCc2ccccc2)c2ccc(C(=O)C(C)(C)O)cc2)cc1. The van der Waals surface area contributed by atoms with Crippen molar-refractivity contribution in [1.29, 1.82) is 0 Å². The molecule has 0 fully saturated rings. The van der Waals surface area contributed by atoms with Crippen molar-refractivity contribution >= 4 is 11.6 Å². The van der Waals surface area contributed by atoms with Gasteiger partial charge in [0.25, 0.3) is 0 Å². The zero-order valence-corrected chi connectivity index (χ0v) is 20.2. The van der Waals surface area contributed by atoms with Crippen LogP contribution in [0, 0.1) is 0 Å². The Morgan fingerprint density at radius 2 is 1.12 bits per heavy atom. The number of aliphatic hydroxyl groups is 2. The quantitative estimate of drug-likeness (QED) is 0.388. The Kier molecular flexibility index (Phi) is 7.82. The molecule has 0 heterocycles. The lowest BCUT2D eigenvalue weighted by molar-refractivity contribution is 0.0487. The summed E-state index contributed by atoms with van der Waals surface area (Å²) in [5, 5.41) is 23.7. The average molecular weight is 460 g/mol. The van der Waals surface area contributed by atoms with Crippen molar-refractivity contribution in [2.45, 2.75) is 51.4 Å². The van der Waals surface area contributed by atoms with E-state index in [4.69, 9.17) is 0 Å². The topological polar surface area (TPSA) is 86.6 Å². The minimum absolute atomic E-state index is 0.165. The molecule has 5 heteroatoms. The lowest BCUT2D eigenvalue weighted by Gasteiger charge is -2.22. The van der Waals surface area contributed by atoms with Crippen LogP contribution in [0.2, 0.25) is 0 Å². The third kappa shape index (κ3) is 6.48. The molecule has 0 radical (unpaired) electrons. The highest BCUT2D eigenvalue weighted by atomic mass is 16.3. The van der Waals surface area contributed by atoms with Gasteiger partial charge in [0, 0.05) is 17.7 Å². The molecule has 0 saturated carbocycles. The van der Waals surface area contributed by atoms with Gasteiger partial charge in [0.1, 0.15) is 11.2 Å². The molecule has 3 aromatic carbocycles. The molecular weight excluding hydrogens is 426 g/mol. The number of carbonyl (C=O) groups excluding carboxylic acids is 2. The molecule has 5 nitrogen and oxygen atoms in total. The highest BCUT2D eigenvalue weighted by Gasteiger charge is 2.26. The minimum atomic E-state index is -1.43. The Labute approximate surface area is 201 Å². The second kappa shape index (κ2) is 10.4. The normalized spacial score (nSPS) is 12.1. The molecular formula is C29H33NO4. The molecule has 0 aliphatic heterocycles. The molecule has 0 saturated heterocycles. The maximum Gasteiger partial charge on any atom is 0.193 e. The van der Waals surface area contributed by atoms with Crippen LogP contribution in [0.4, 0.5) is 0 Å². The van der Waals surface area contributed by atoms with Crippen molar-refractivity contribution < 1.29 is 19.8 Å². The number of ketones is 2. The van der Waals surface area contributed by atoms with E-state index in [0.717, 1.165) is 24.1 Å². The smallest absolute Gasteiger partial charge is 0.193 e. The Balaban J connectivity index is 1.86. The van der Waals surface area contributed by atoms with Crippen LogP contribution in [0.25, 0.3) is 0 Å². The van der Waals surface area contributed by atoms with Crippen LogP contribution < -0.4 is 5.32 Å². The highest BCUT2D eigenvalue weighted by molar-refractivity contribution is 6.02. The Hall–Kier alpha value is -3.12. The molecule has 0 aromatic heterocycles. The van der Waals surface area contributed by atoms with E-state index in [1.807, 2.05) is 42.5 Å². The standard InChI is InChI=1S/C29H33NO4/c1-28(2,33)26(31)23-14-10-21(11-15-23)25(30-19-18-20-8-6-5-7-9-20)22-12-16-24(17-13-22)27(32)29(3,4)34/h5-17,25,30,33-34H,18-19H2,1-4H3. The predicted octanol–water partition coefficient (Wildman–Crippen LogP) is 4.52. The van der Waals surface area contributed by atoms with Crippen molar-refractivity contribution in [2.24, 2.45) is 0 Å². The van der Waals surface area contributed by atoms with Gasteiger partial charge in [-0.2, -0.15) is 0 Å². The van der Waals surface area contributed by atoms with E-state index in [1.165, 1.54) is 33.3 Å². The molecule has 0 aliphatic rings. The van der Waals surface area contributed by atoms with Gasteiger partial charge >= 0.3 is 0 Å². The highest BCUT2D eigenvalue weighted by Crippen LogP contribution is 2.25. The maximum absolute atomic E-state index is 12.4. The summed E-state index contributed by atoms with van der Waals surface area (Å²) in [6, 6.07) is 24.5. The van der Waals surface area contributed by atoms with Gasteiger partial charge in [0.15, 0.2) is 11.6 Å². The number of rotatable bonds is 10. The second-order valence-corrected chi connectivity index (χ2v) is 9.64. The van der Waals surface area contributed by atoms with Crippen LogP contribution in [0.1, 0.15) is 71.1 Å². The minimum Gasteiger partial charge on any atom is -0.382 e. The van der Waals surface area contributed by atoms with Crippen molar-refractivity contribution in [3.8, 4) is 0 Å². The van der Waals surface area contributed by atoms with E-state index in [0.29, 0.717) is 11.1 Å². The number of nitrogens with one attached hydrogen (secondary N) is 1. The fourth-order valence-electron chi connectivity index (χ4n) is 3.79. The molecule has 3 aromatic rings. The molecule has 0 amide bonds. The van der Waals surface area contributed by atoms with Gasteiger partial charge in [-0.05, 0) is 50.8 Å². The molecule has 0 aliphatic carbocycles.